The molecule has 1 saturated carbocycles. The van der Waals surface area contributed by atoms with E-state index in [2.05, 4.69) is 58.8 Å². The molecule has 1 aromatic heterocycles. The molecule has 0 bridgehead atoms. The number of amides is 3. The minimum atomic E-state index is -0.532. The number of urea groups is 1. The van der Waals surface area contributed by atoms with E-state index < -0.39 is 5.60 Å². The molecule has 1 N–H and O–H groups in total. The molecule has 1 aliphatic carbocycles. The fourth-order valence-electron chi connectivity index (χ4n) is 5.84. The van der Waals surface area contributed by atoms with Gasteiger partial charge in [-0.1, -0.05) is 73.9 Å². The third-order valence-electron chi connectivity index (χ3n) is 8.32. The van der Waals surface area contributed by atoms with Gasteiger partial charge in [0.1, 0.15) is 11.4 Å². The van der Waals surface area contributed by atoms with E-state index in [-0.39, 0.29) is 18.2 Å². The topological polar surface area (TPSA) is 84.0 Å². The fraction of sp³-hybridized carbons (Fsp3) is 0.359. The number of aromatic nitrogens is 1. The zero-order valence-corrected chi connectivity index (χ0v) is 27.9. The van der Waals surface area contributed by atoms with E-state index in [1.807, 2.05) is 68.1 Å². The van der Waals surface area contributed by atoms with Crippen LogP contribution in [0.3, 0.4) is 0 Å². The number of rotatable bonds is 10. The van der Waals surface area contributed by atoms with E-state index in [0.29, 0.717) is 25.3 Å². The molecule has 0 aliphatic heterocycles. The van der Waals surface area contributed by atoms with Gasteiger partial charge in [-0.3, -0.25) is 4.98 Å². The summed E-state index contributed by atoms with van der Waals surface area (Å²) in [5.74, 6) is 0.727. The van der Waals surface area contributed by atoms with Crippen molar-refractivity contribution in [3.63, 3.8) is 0 Å². The number of hydrogen-bond acceptors (Lipinski definition) is 5. The van der Waals surface area contributed by atoms with E-state index in [9.17, 15) is 9.59 Å². The number of nitrogens with zero attached hydrogens (tertiary/aromatic N) is 3. The first-order valence-electron chi connectivity index (χ1n) is 16.4. The SMILES string of the molecule is COc1ccc(NC(=O)N(Cc2ccc(-c3ccc(CN(C(=O)OC(C)(C)C)C4CCCCC4)cc3)cc2)Cc2ccccn2)cc1. The first kappa shape index (κ1) is 33.5. The quantitative estimate of drug-likeness (QED) is 0.188. The average molecular weight is 635 g/mol. The van der Waals surface area contributed by atoms with Crippen molar-refractivity contribution in [2.75, 3.05) is 12.4 Å². The number of hydrogen-bond donors (Lipinski definition) is 1. The van der Waals surface area contributed by atoms with Crippen molar-refractivity contribution < 1.29 is 19.1 Å². The predicted octanol–water partition coefficient (Wildman–Crippen LogP) is 9.06. The van der Waals surface area contributed by atoms with Crippen LogP contribution in [-0.2, 0) is 24.4 Å². The van der Waals surface area contributed by atoms with Gasteiger partial charge in [0.25, 0.3) is 0 Å². The second kappa shape index (κ2) is 15.6. The van der Waals surface area contributed by atoms with E-state index in [4.69, 9.17) is 9.47 Å². The minimum absolute atomic E-state index is 0.210. The third-order valence-corrected chi connectivity index (χ3v) is 8.32. The fourth-order valence-corrected chi connectivity index (χ4v) is 5.84. The molecular weight excluding hydrogens is 588 g/mol. The summed E-state index contributed by atoms with van der Waals surface area (Å²) in [5, 5.41) is 3.00. The van der Waals surface area contributed by atoms with E-state index >= 15 is 0 Å². The number of carbonyl (C=O) groups is 2. The van der Waals surface area contributed by atoms with Gasteiger partial charge in [-0.25, -0.2) is 9.59 Å². The van der Waals surface area contributed by atoms with Gasteiger partial charge < -0.3 is 24.6 Å². The standard InChI is InChI=1S/C39H46N4O4/c1-39(2,3)47-38(45)43(35-11-6-5-7-12-35)27-30-15-19-32(20-16-30)31-17-13-29(14-18-31)26-42(28-34-10-8-9-25-40-34)37(44)41-33-21-23-36(46-4)24-22-33/h8-10,13-25,35H,5-7,11-12,26-28H2,1-4H3,(H,41,44). The van der Waals surface area contributed by atoms with Crippen LogP contribution in [0.15, 0.2) is 97.2 Å². The Morgan fingerprint density at radius 3 is 1.96 bits per heavy atom. The van der Waals surface area contributed by atoms with Crippen molar-refractivity contribution in [2.45, 2.75) is 84.2 Å². The van der Waals surface area contributed by atoms with Crippen molar-refractivity contribution in [3.05, 3.63) is 114 Å². The van der Waals surface area contributed by atoms with E-state index in [0.717, 1.165) is 59.4 Å². The number of benzene rings is 3. The van der Waals surface area contributed by atoms with Gasteiger partial charge in [-0.2, -0.15) is 0 Å². The van der Waals surface area contributed by atoms with Crippen molar-refractivity contribution >= 4 is 17.8 Å². The lowest BCUT2D eigenvalue weighted by molar-refractivity contribution is 0.00988. The maximum Gasteiger partial charge on any atom is 0.410 e. The summed E-state index contributed by atoms with van der Waals surface area (Å²) >= 11 is 0. The summed E-state index contributed by atoms with van der Waals surface area (Å²) in [6, 6.07) is 29.7. The molecule has 0 atom stereocenters. The highest BCUT2D eigenvalue weighted by Gasteiger charge is 2.29. The largest absolute Gasteiger partial charge is 0.497 e. The number of nitrogens with one attached hydrogen (secondary N) is 1. The van der Waals surface area contributed by atoms with Crippen LogP contribution in [0.5, 0.6) is 5.75 Å². The van der Waals surface area contributed by atoms with Gasteiger partial charge in [-0.15, -0.1) is 0 Å². The first-order chi connectivity index (χ1) is 22.7. The van der Waals surface area contributed by atoms with Crippen LogP contribution < -0.4 is 10.1 Å². The lowest BCUT2D eigenvalue weighted by Crippen LogP contribution is -2.43. The summed E-state index contributed by atoms with van der Waals surface area (Å²) in [4.78, 5) is 34.7. The summed E-state index contributed by atoms with van der Waals surface area (Å²) in [6.07, 6.45) is 7.06. The molecule has 1 fully saturated rings. The lowest BCUT2D eigenvalue weighted by Gasteiger charge is -2.35. The number of anilines is 1. The van der Waals surface area contributed by atoms with Gasteiger partial charge in [0.15, 0.2) is 0 Å². The zero-order valence-electron chi connectivity index (χ0n) is 27.9. The molecule has 4 aromatic rings. The van der Waals surface area contributed by atoms with E-state index in [1.54, 1.807) is 18.2 Å². The molecule has 8 nitrogen and oxygen atoms in total. The Bertz CT molecular complexity index is 1580. The van der Waals surface area contributed by atoms with Gasteiger partial charge in [0.05, 0.1) is 19.3 Å². The molecule has 1 aliphatic rings. The molecule has 5 rings (SSSR count). The molecule has 1 heterocycles. The number of ether oxygens (including phenoxy) is 2. The Labute approximate surface area is 278 Å². The molecular formula is C39H46N4O4. The molecule has 246 valence electrons. The third kappa shape index (κ3) is 9.82. The van der Waals surface area contributed by atoms with Crippen LogP contribution in [-0.4, -0.2) is 45.7 Å². The molecule has 3 amide bonds. The summed E-state index contributed by atoms with van der Waals surface area (Å²) in [7, 11) is 1.61. The number of pyridine rings is 1. The second-order valence-electron chi connectivity index (χ2n) is 13.1. The maximum absolute atomic E-state index is 13.4. The van der Waals surface area contributed by atoms with Gasteiger partial charge in [-0.05, 0) is 92.3 Å². The molecule has 8 heteroatoms. The highest BCUT2D eigenvalue weighted by molar-refractivity contribution is 5.89. The second-order valence-corrected chi connectivity index (χ2v) is 13.1. The molecule has 3 aromatic carbocycles. The molecule has 0 spiro atoms. The Kier molecular flexibility index (Phi) is 11.1. The van der Waals surface area contributed by atoms with E-state index in [1.165, 1.54) is 6.42 Å². The number of methoxy groups -OCH3 is 1. The van der Waals surface area contributed by atoms with Gasteiger partial charge in [0, 0.05) is 31.0 Å². The van der Waals surface area contributed by atoms with Crippen LogP contribution in [0.1, 0.15) is 69.7 Å². The summed E-state index contributed by atoms with van der Waals surface area (Å²) < 4.78 is 11.0. The Balaban J connectivity index is 1.26. The average Bonchev–Trinajstić information content (AvgIpc) is 3.08. The van der Waals surface area contributed by atoms with Gasteiger partial charge in [0.2, 0.25) is 0 Å². The Morgan fingerprint density at radius 2 is 1.40 bits per heavy atom. The van der Waals surface area contributed by atoms with Crippen LogP contribution >= 0.6 is 0 Å². The minimum Gasteiger partial charge on any atom is -0.497 e. The predicted molar refractivity (Wildman–Crippen MR) is 186 cm³/mol. The summed E-state index contributed by atoms with van der Waals surface area (Å²) in [6.45, 7) is 7.06. The van der Waals surface area contributed by atoms with Crippen LogP contribution in [0, 0.1) is 0 Å². The highest BCUT2D eigenvalue weighted by Crippen LogP contribution is 2.27. The molecule has 0 unspecified atom stereocenters. The van der Waals surface area contributed by atoms with Gasteiger partial charge >= 0.3 is 12.1 Å². The van der Waals surface area contributed by atoms with Crippen LogP contribution in [0.25, 0.3) is 11.1 Å². The van der Waals surface area contributed by atoms with Crippen molar-refractivity contribution in [1.29, 1.82) is 0 Å². The normalized spacial score (nSPS) is 13.4. The van der Waals surface area contributed by atoms with Crippen molar-refractivity contribution in [3.8, 4) is 16.9 Å². The molecule has 47 heavy (non-hydrogen) atoms. The van der Waals surface area contributed by atoms with Crippen molar-refractivity contribution in [1.82, 2.24) is 14.8 Å². The smallest absolute Gasteiger partial charge is 0.410 e. The zero-order chi connectivity index (χ0) is 33.2. The Hall–Kier alpha value is -4.85. The molecule has 0 saturated heterocycles. The maximum atomic E-state index is 13.4. The van der Waals surface area contributed by atoms with Crippen LogP contribution in [0.2, 0.25) is 0 Å². The van der Waals surface area contributed by atoms with Crippen molar-refractivity contribution in [2.24, 2.45) is 0 Å². The van der Waals surface area contributed by atoms with Crippen LogP contribution in [0.4, 0.5) is 15.3 Å². The highest BCUT2D eigenvalue weighted by atomic mass is 16.6. The number of carbonyl (C=O) groups excluding carboxylic acids is 2. The lowest BCUT2D eigenvalue weighted by atomic mass is 9.94. The first-order valence-corrected chi connectivity index (χ1v) is 16.4. The molecule has 0 radical (unpaired) electrons. The monoisotopic (exact) mass is 634 g/mol. The summed E-state index contributed by atoms with van der Waals surface area (Å²) in [5.41, 5.74) is 5.22. The Morgan fingerprint density at radius 1 is 0.787 bits per heavy atom.